The Balaban J connectivity index is 2.16. The van der Waals surface area contributed by atoms with Crippen LogP contribution in [0.25, 0.3) is 17.2 Å². The molecule has 0 amide bonds. The van der Waals surface area contributed by atoms with Crippen molar-refractivity contribution in [2.24, 2.45) is 0 Å². The third-order valence-corrected chi connectivity index (χ3v) is 3.45. The largest absolute Gasteiger partial charge is 0.437 e. The van der Waals surface area contributed by atoms with E-state index in [2.05, 4.69) is 27.5 Å². The van der Waals surface area contributed by atoms with Crippen LogP contribution < -0.4 is 0 Å². The average Bonchev–Trinajstić information content (AvgIpc) is 2.88. The molecule has 2 rings (SSSR count). The fourth-order valence-electron chi connectivity index (χ4n) is 1.70. The van der Waals surface area contributed by atoms with Crippen molar-refractivity contribution in [1.82, 2.24) is 4.98 Å². The monoisotopic (exact) mass is 383 g/mol. The van der Waals surface area contributed by atoms with Gasteiger partial charge < -0.3 is 4.42 Å². The van der Waals surface area contributed by atoms with Gasteiger partial charge in [-0.3, -0.25) is 0 Å². The predicted octanol–water partition coefficient (Wildman–Crippen LogP) is 6.22. The number of benzene rings is 1. The maximum absolute atomic E-state index is 12.4. The third-order valence-electron chi connectivity index (χ3n) is 2.96. The lowest BCUT2D eigenvalue weighted by atomic mass is 10.1. The summed E-state index contributed by atoms with van der Waals surface area (Å²) in [6.45, 7) is 4.71. The van der Waals surface area contributed by atoms with Crippen LogP contribution >= 0.6 is 15.9 Å². The summed E-state index contributed by atoms with van der Waals surface area (Å²) in [5, 5.41) is 0. The quantitative estimate of drug-likeness (QED) is 0.585. The summed E-state index contributed by atoms with van der Waals surface area (Å²) in [6.07, 6.45) is 2.75. The Labute approximate surface area is 139 Å². The normalized spacial score (nSPS) is 13.5. The topological polar surface area (TPSA) is 26.0 Å². The molecule has 0 bridgehead atoms. The van der Waals surface area contributed by atoms with Gasteiger partial charge in [-0.1, -0.05) is 40.7 Å². The minimum atomic E-state index is -4.42. The highest BCUT2D eigenvalue weighted by Gasteiger charge is 2.29. The minimum absolute atomic E-state index is 0.375. The number of hydrogen-bond acceptors (Lipinski definition) is 2. The fraction of sp³-hybridized carbons (Fsp3) is 0.118. The number of allylic oxidation sites excluding steroid dienone is 6. The molecule has 1 aromatic heterocycles. The van der Waals surface area contributed by atoms with Crippen LogP contribution in [0, 0.1) is 0 Å². The zero-order chi connectivity index (χ0) is 17.0. The number of rotatable bonds is 4. The molecule has 0 unspecified atom stereocenters. The molecule has 0 aliphatic heterocycles. The van der Waals surface area contributed by atoms with E-state index in [-0.39, 0.29) is 0 Å². The van der Waals surface area contributed by atoms with Gasteiger partial charge in [0.05, 0.1) is 0 Å². The van der Waals surface area contributed by atoms with E-state index >= 15 is 0 Å². The van der Waals surface area contributed by atoms with Crippen molar-refractivity contribution in [3.63, 3.8) is 0 Å². The molecule has 6 heteroatoms. The van der Waals surface area contributed by atoms with Crippen molar-refractivity contribution in [1.29, 1.82) is 0 Å². The molecule has 0 saturated carbocycles. The molecule has 2 aromatic rings. The van der Waals surface area contributed by atoms with Crippen molar-refractivity contribution >= 4 is 33.1 Å². The van der Waals surface area contributed by atoms with Crippen molar-refractivity contribution in [3.05, 3.63) is 70.6 Å². The molecule has 1 heterocycles. The Kier molecular flexibility index (Phi) is 5.26. The number of aromatic nitrogens is 1. The molecular weight excluding hydrogens is 371 g/mol. The lowest BCUT2D eigenvalue weighted by molar-refractivity contribution is -0.0878. The van der Waals surface area contributed by atoms with Gasteiger partial charge in [0.2, 0.25) is 5.89 Å². The zero-order valence-electron chi connectivity index (χ0n) is 12.2. The first-order valence-corrected chi connectivity index (χ1v) is 7.43. The highest BCUT2D eigenvalue weighted by molar-refractivity contribution is 9.10. The average molecular weight is 384 g/mol. The van der Waals surface area contributed by atoms with E-state index in [9.17, 15) is 13.2 Å². The number of oxazole rings is 1. The molecule has 2 nitrogen and oxygen atoms in total. The Hall–Kier alpha value is -2.08. The molecule has 0 saturated heterocycles. The van der Waals surface area contributed by atoms with E-state index in [1.165, 1.54) is 6.08 Å². The Morgan fingerprint density at radius 3 is 2.65 bits per heavy atom. The zero-order valence-corrected chi connectivity index (χ0v) is 13.8. The van der Waals surface area contributed by atoms with Gasteiger partial charge in [0, 0.05) is 16.1 Å². The Morgan fingerprint density at radius 2 is 2.00 bits per heavy atom. The van der Waals surface area contributed by atoms with Crippen LogP contribution in [-0.4, -0.2) is 11.2 Å². The first kappa shape index (κ1) is 17.3. The second kappa shape index (κ2) is 7.00. The molecule has 0 aliphatic carbocycles. The minimum Gasteiger partial charge on any atom is -0.437 e. The summed E-state index contributed by atoms with van der Waals surface area (Å²) < 4.78 is 43.6. The lowest BCUT2D eigenvalue weighted by Gasteiger charge is -2.04. The van der Waals surface area contributed by atoms with E-state index in [0.29, 0.717) is 22.6 Å². The number of halogens is 4. The van der Waals surface area contributed by atoms with Crippen molar-refractivity contribution in [3.8, 4) is 0 Å². The summed E-state index contributed by atoms with van der Waals surface area (Å²) in [5.41, 5.74) is 1.01. The first-order valence-electron chi connectivity index (χ1n) is 6.64. The predicted molar refractivity (Wildman–Crippen MR) is 88.8 cm³/mol. The van der Waals surface area contributed by atoms with Crippen molar-refractivity contribution in [2.45, 2.75) is 13.1 Å². The van der Waals surface area contributed by atoms with Gasteiger partial charge in [0.25, 0.3) is 0 Å². The second-order valence-corrected chi connectivity index (χ2v) is 5.56. The van der Waals surface area contributed by atoms with E-state index in [4.69, 9.17) is 4.42 Å². The number of hydrogen-bond donors (Lipinski definition) is 0. The van der Waals surface area contributed by atoms with Crippen LogP contribution in [0.15, 0.2) is 69.1 Å². The van der Waals surface area contributed by atoms with Gasteiger partial charge in [0.15, 0.2) is 5.58 Å². The Bertz CT molecular complexity index is 813. The van der Waals surface area contributed by atoms with Crippen LogP contribution in [0.2, 0.25) is 0 Å². The number of alkyl halides is 3. The molecule has 0 radical (unpaired) electrons. The summed E-state index contributed by atoms with van der Waals surface area (Å²) in [6, 6.07) is 5.44. The fourth-order valence-corrected chi connectivity index (χ4v) is 2.05. The number of fused-ring (bicyclic) bond motifs is 1. The van der Waals surface area contributed by atoms with Crippen LogP contribution in [0.1, 0.15) is 12.8 Å². The molecule has 0 N–H and O–H groups in total. The molecule has 0 spiro atoms. The SMILES string of the molecule is C=C(\C=C/C(/C=C/c1nc2cc(Br)ccc2o1)=C\C)C(F)(F)F. The first-order chi connectivity index (χ1) is 10.8. The second-order valence-electron chi connectivity index (χ2n) is 4.64. The molecule has 0 aliphatic rings. The maximum Gasteiger partial charge on any atom is 0.415 e. The van der Waals surface area contributed by atoms with Crippen LogP contribution in [0.5, 0.6) is 0 Å². The highest BCUT2D eigenvalue weighted by Crippen LogP contribution is 2.25. The molecule has 0 fully saturated rings. The van der Waals surface area contributed by atoms with E-state index < -0.39 is 11.7 Å². The summed E-state index contributed by atoms with van der Waals surface area (Å²) >= 11 is 3.35. The van der Waals surface area contributed by atoms with E-state index in [1.54, 1.807) is 31.2 Å². The van der Waals surface area contributed by atoms with Gasteiger partial charge in [-0.05, 0) is 36.8 Å². The third kappa shape index (κ3) is 4.69. The van der Waals surface area contributed by atoms with Gasteiger partial charge in [-0.25, -0.2) is 4.98 Å². The van der Waals surface area contributed by atoms with E-state index in [1.807, 2.05) is 12.1 Å². The molecular formula is C17H13BrF3NO. The van der Waals surface area contributed by atoms with Crippen LogP contribution in [-0.2, 0) is 0 Å². The maximum atomic E-state index is 12.4. The van der Waals surface area contributed by atoms with Gasteiger partial charge in [-0.15, -0.1) is 0 Å². The van der Waals surface area contributed by atoms with Gasteiger partial charge >= 0.3 is 6.18 Å². The van der Waals surface area contributed by atoms with Crippen LogP contribution in [0.3, 0.4) is 0 Å². The number of nitrogens with zero attached hydrogens (tertiary/aromatic N) is 1. The summed E-state index contributed by atoms with van der Waals surface area (Å²) in [4.78, 5) is 4.28. The summed E-state index contributed by atoms with van der Waals surface area (Å²) in [5.74, 6) is 0.375. The molecule has 120 valence electrons. The summed E-state index contributed by atoms with van der Waals surface area (Å²) in [7, 11) is 0. The van der Waals surface area contributed by atoms with Crippen molar-refractivity contribution in [2.75, 3.05) is 0 Å². The van der Waals surface area contributed by atoms with Crippen molar-refractivity contribution < 1.29 is 17.6 Å². The standard InChI is InChI=1S/C17H13BrF3NO/c1-3-12(5-4-11(2)17(19,20)21)6-9-16-22-14-10-13(18)7-8-15(14)23-16/h3-10H,2H2,1H3/b5-4-,9-6+,12-3+. The highest BCUT2D eigenvalue weighted by atomic mass is 79.9. The molecule has 1 aromatic carbocycles. The van der Waals surface area contributed by atoms with Gasteiger partial charge in [0.1, 0.15) is 5.52 Å². The smallest absolute Gasteiger partial charge is 0.415 e. The molecule has 0 atom stereocenters. The lowest BCUT2D eigenvalue weighted by Crippen LogP contribution is -2.08. The molecule has 23 heavy (non-hydrogen) atoms. The van der Waals surface area contributed by atoms with Gasteiger partial charge in [-0.2, -0.15) is 13.2 Å². The van der Waals surface area contributed by atoms with Crippen LogP contribution in [0.4, 0.5) is 13.2 Å². The van der Waals surface area contributed by atoms with E-state index in [0.717, 1.165) is 10.5 Å². The Morgan fingerprint density at radius 1 is 1.26 bits per heavy atom.